The van der Waals surface area contributed by atoms with Crippen LogP contribution in [0.5, 0.6) is 0 Å². The van der Waals surface area contributed by atoms with E-state index in [0.29, 0.717) is 24.3 Å². The number of ether oxygens (including phenoxy) is 1. The Bertz CT molecular complexity index is 559. The van der Waals surface area contributed by atoms with E-state index in [0.717, 1.165) is 5.92 Å². The maximum Gasteiger partial charge on any atom is 0.133 e. The quantitative estimate of drug-likeness (QED) is 0.661. The molecule has 1 aromatic carbocycles. The first-order valence-electron chi connectivity index (χ1n) is 10.7. The summed E-state index contributed by atoms with van der Waals surface area (Å²) in [5.41, 5.74) is 2.80. The predicted octanol–water partition coefficient (Wildman–Crippen LogP) is 6.08. The Morgan fingerprint density at radius 1 is 0.840 bits per heavy atom. The normalized spacial score (nSPS) is 32.2. The molecule has 25 heavy (non-hydrogen) atoms. The third-order valence-electron chi connectivity index (χ3n) is 7.05. The molecular formula is C23H35NO. The maximum atomic E-state index is 6.90. The number of nitrogens with zero attached hydrogens (tertiary/aromatic N) is 1. The van der Waals surface area contributed by atoms with Gasteiger partial charge < -0.3 is 9.64 Å². The summed E-state index contributed by atoms with van der Waals surface area (Å²) >= 11 is 0. The van der Waals surface area contributed by atoms with Crippen molar-refractivity contribution in [3.63, 3.8) is 0 Å². The average Bonchev–Trinajstić information content (AvgIpc) is 3.01. The van der Waals surface area contributed by atoms with Gasteiger partial charge in [-0.3, -0.25) is 0 Å². The Labute approximate surface area is 153 Å². The number of anilines is 1. The highest BCUT2D eigenvalue weighted by molar-refractivity contribution is 5.55. The molecule has 3 aliphatic rings. The fraction of sp³-hybridized carbons (Fsp3) is 0.739. The summed E-state index contributed by atoms with van der Waals surface area (Å²) < 4.78 is 6.90. The summed E-state index contributed by atoms with van der Waals surface area (Å²) in [6, 6.07) is 9.42. The summed E-state index contributed by atoms with van der Waals surface area (Å²) in [4.78, 5) is 2.67. The van der Waals surface area contributed by atoms with Gasteiger partial charge in [0.15, 0.2) is 0 Å². The van der Waals surface area contributed by atoms with Crippen molar-refractivity contribution < 1.29 is 4.74 Å². The van der Waals surface area contributed by atoms with Crippen LogP contribution in [0.1, 0.15) is 76.7 Å². The van der Waals surface area contributed by atoms with Gasteiger partial charge in [-0.05, 0) is 57.1 Å². The van der Waals surface area contributed by atoms with Gasteiger partial charge in [0, 0.05) is 11.6 Å². The van der Waals surface area contributed by atoms with Gasteiger partial charge in [-0.25, -0.2) is 0 Å². The van der Waals surface area contributed by atoms with E-state index >= 15 is 0 Å². The van der Waals surface area contributed by atoms with Crippen LogP contribution in [0.25, 0.3) is 0 Å². The minimum Gasteiger partial charge on any atom is -0.352 e. The summed E-state index contributed by atoms with van der Waals surface area (Å²) in [5, 5.41) is 0. The summed E-state index contributed by atoms with van der Waals surface area (Å²) in [7, 11) is 0. The molecule has 2 aliphatic carbocycles. The van der Waals surface area contributed by atoms with Gasteiger partial charge in [0.25, 0.3) is 0 Å². The van der Waals surface area contributed by atoms with Gasteiger partial charge in [0.05, 0.1) is 12.1 Å². The lowest BCUT2D eigenvalue weighted by atomic mass is 9.83. The number of rotatable bonds is 3. The third-order valence-corrected chi connectivity index (χ3v) is 7.05. The molecule has 1 aromatic rings. The Morgan fingerprint density at radius 2 is 1.44 bits per heavy atom. The lowest BCUT2D eigenvalue weighted by molar-refractivity contribution is -0.0333. The van der Waals surface area contributed by atoms with E-state index < -0.39 is 0 Å². The second-order valence-corrected chi connectivity index (χ2v) is 8.72. The standard InChI is InChI=1S/C23H35NO/c1-17-11-9-10-16-21(17)24-18(2)22(19-12-5-3-6-13-19)25-23(24)20-14-7-4-8-15-20/h9-11,16,18-20,22-23H,3-8,12-15H2,1-2H3/t18-,22?,23?/m0/s1. The molecule has 1 saturated heterocycles. The zero-order chi connectivity index (χ0) is 17.2. The van der Waals surface area contributed by atoms with Gasteiger partial charge in [0.1, 0.15) is 6.23 Å². The average molecular weight is 342 g/mol. The van der Waals surface area contributed by atoms with Crippen LogP contribution >= 0.6 is 0 Å². The molecule has 2 nitrogen and oxygen atoms in total. The second kappa shape index (κ2) is 7.70. The fourth-order valence-electron chi connectivity index (χ4n) is 5.67. The molecule has 0 amide bonds. The summed E-state index contributed by atoms with van der Waals surface area (Å²) in [6.07, 6.45) is 14.5. The zero-order valence-electron chi connectivity index (χ0n) is 16.1. The first kappa shape index (κ1) is 17.4. The van der Waals surface area contributed by atoms with Crippen molar-refractivity contribution in [1.82, 2.24) is 0 Å². The summed E-state index contributed by atoms with van der Waals surface area (Å²) in [6.45, 7) is 4.68. The Hall–Kier alpha value is -1.02. The van der Waals surface area contributed by atoms with E-state index in [4.69, 9.17) is 4.74 Å². The van der Waals surface area contributed by atoms with Gasteiger partial charge in [0.2, 0.25) is 0 Å². The zero-order valence-corrected chi connectivity index (χ0v) is 16.1. The molecule has 138 valence electrons. The van der Waals surface area contributed by atoms with E-state index in [2.05, 4.69) is 43.0 Å². The van der Waals surface area contributed by atoms with Crippen LogP contribution in [-0.4, -0.2) is 18.4 Å². The molecule has 3 fully saturated rings. The SMILES string of the molecule is Cc1ccccc1N1C(C2CCCCC2)OC(C2CCCCC2)[C@@H]1C. The van der Waals surface area contributed by atoms with Crippen LogP contribution in [0.4, 0.5) is 5.69 Å². The van der Waals surface area contributed by atoms with Crippen LogP contribution in [0.2, 0.25) is 0 Å². The van der Waals surface area contributed by atoms with Crippen molar-refractivity contribution in [3.05, 3.63) is 29.8 Å². The monoisotopic (exact) mass is 341 g/mol. The van der Waals surface area contributed by atoms with Crippen molar-refractivity contribution in [2.75, 3.05) is 4.90 Å². The largest absolute Gasteiger partial charge is 0.352 e. The fourth-order valence-corrected chi connectivity index (χ4v) is 5.67. The minimum absolute atomic E-state index is 0.295. The van der Waals surface area contributed by atoms with Crippen LogP contribution in [0.3, 0.4) is 0 Å². The summed E-state index contributed by atoms with van der Waals surface area (Å²) in [5.74, 6) is 1.48. The van der Waals surface area contributed by atoms with Crippen molar-refractivity contribution in [2.24, 2.45) is 11.8 Å². The molecule has 0 spiro atoms. The number of para-hydroxylation sites is 1. The molecule has 2 heteroatoms. The minimum atomic E-state index is 0.295. The molecule has 0 aromatic heterocycles. The molecule has 1 aliphatic heterocycles. The Morgan fingerprint density at radius 3 is 2.08 bits per heavy atom. The number of benzene rings is 1. The highest BCUT2D eigenvalue weighted by Gasteiger charge is 2.46. The first-order valence-corrected chi connectivity index (χ1v) is 10.7. The van der Waals surface area contributed by atoms with Crippen LogP contribution < -0.4 is 4.90 Å². The van der Waals surface area contributed by atoms with Crippen LogP contribution in [0, 0.1) is 18.8 Å². The topological polar surface area (TPSA) is 12.5 Å². The highest BCUT2D eigenvalue weighted by atomic mass is 16.5. The molecule has 0 radical (unpaired) electrons. The highest BCUT2D eigenvalue weighted by Crippen LogP contribution is 2.43. The predicted molar refractivity (Wildman–Crippen MR) is 105 cm³/mol. The Kier molecular flexibility index (Phi) is 5.36. The van der Waals surface area contributed by atoms with E-state index in [9.17, 15) is 0 Å². The molecule has 1 heterocycles. The van der Waals surface area contributed by atoms with E-state index in [-0.39, 0.29) is 0 Å². The molecule has 2 saturated carbocycles. The molecule has 0 bridgehead atoms. The van der Waals surface area contributed by atoms with Crippen molar-refractivity contribution in [2.45, 2.75) is 96.4 Å². The first-order chi connectivity index (χ1) is 12.3. The maximum absolute atomic E-state index is 6.90. The van der Waals surface area contributed by atoms with Gasteiger partial charge in [-0.1, -0.05) is 56.7 Å². The smallest absolute Gasteiger partial charge is 0.133 e. The molecule has 2 unspecified atom stereocenters. The molecule has 3 atom stereocenters. The lowest BCUT2D eigenvalue weighted by Crippen LogP contribution is -2.42. The lowest BCUT2D eigenvalue weighted by Gasteiger charge is -2.36. The van der Waals surface area contributed by atoms with Gasteiger partial charge in [-0.15, -0.1) is 0 Å². The number of hydrogen-bond donors (Lipinski definition) is 0. The van der Waals surface area contributed by atoms with Gasteiger partial charge in [-0.2, -0.15) is 0 Å². The molecule has 4 rings (SSSR count). The number of hydrogen-bond acceptors (Lipinski definition) is 2. The van der Waals surface area contributed by atoms with Crippen molar-refractivity contribution in [1.29, 1.82) is 0 Å². The van der Waals surface area contributed by atoms with E-state index in [1.54, 1.807) is 0 Å². The molecule has 0 N–H and O–H groups in total. The van der Waals surface area contributed by atoms with Crippen LogP contribution in [-0.2, 0) is 4.74 Å². The van der Waals surface area contributed by atoms with Crippen LogP contribution in [0.15, 0.2) is 24.3 Å². The van der Waals surface area contributed by atoms with E-state index in [1.807, 2.05) is 0 Å². The van der Waals surface area contributed by atoms with Crippen molar-refractivity contribution >= 4 is 5.69 Å². The van der Waals surface area contributed by atoms with E-state index in [1.165, 1.54) is 75.5 Å². The molecular weight excluding hydrogens is 306 g/mol. The van der Waals surface area contributed by atoms with Crippen molar-refractivity contribution in [3.8, 4) is 0 Å². The second-order valence-electron chi connectivity index (χ2n) is 8.72. The Balaban J connectivity index is 1.63. The third kappa shape index (κ3) is 3.47. The number of aryl methyl sites for hydroxylation is 1. The van der Waals surface area contributed by atoms with Gasteiger partial charge >= 0.3 is 0 Å².